The number of thioether (sulfide) groups is 1. The number of nitrogens with zero attached hydrogens (tertiary/aromatic N) is 1. The predicted molar refractivity (Wildman–Crippen MR) is 61.9 cm³/mol. The lowest BCUT2D eigenvalue weighted by Crippen LogP contribution is -2.48. The van der Waals surface area contributed by atoms with Crippen LogP contribution in [0.2, 0.25) is 0 Å². The topological polar surface area (TPSA) is 40.5 Å². The van der Waals surface area contributed by atoms with Crippen molar-refractivity contribution in [3.63, 3.8) is 0 Å². The molecule has 2 aliphatic rings. The third-order valence-electron chi connectivity index (χ3n) is 3.42. The minimum atomic E-state index is 0.0993. The van der Waals surface area contributed by atoms with Crippen LogP contribution in [0.15, 0.2) is 0 Å². The fourth-order valence-corrected chi connectivity index (χ4v) is 3.45. The summed E-state index contributed by atoms with van der Waals surface area (Å²) in [5, 5.41) is 9.00. The number of aliphatic hydroxyl groups is 1. The first kappa shape index (κ1) is 11.3. The molecule has 15 heavy (non-hydrogen) atoms. The normalized spacial score (nSPS) is 26.3. The van der Waals surface area contributed by atoms with Gasteiger partial charge in [-0.3, -0.25) is 4.79 Å². The Kier molecular flexibility index (Phi) is 3.92. The molecule has 2 rings (SSSR count). The van der Waals surface area contributed by atoms with Crippen molar-refractivity contribution in [2.24, 2.45) is 5.92 Å². The molecule has 1 aliphatic heterocycles. The molecule has 86 valence electrons. The number of amides is 1. The molecule has 0 aromatic heterocycles. The molecule has 1 aliphatic carbocycles. The summed E-state index contributed by atoms with van der Waals surface area (Å²) >= 11 is 1.87. The molecule has 1 amide bonds. The molecule has 0 aromatic rings. The highest BCUT2D eigenvalue weighted by Gasteiger charge is 2.33. The van der Waals surface area contributed by atoms with Crippen LogP contribution in [0.25, 0.3) is 0 Å². The third kappa shape index (κ3) is 2.48. The van der Waals surface area contributed by atoms with E-state index in [9.17, 15) is 4.79 Å². The van der Waals surface area contributed by atoms with Crippen LogP contribution < -0.4 is 0 Å². The molecule has 0 spiro atoms. The van der Waals surface area contributed by atoms with Gasteiger partial charge in [-0.05, 0) is 31.4 Å². The van der Waals surface area contributed by atoms with Gasteiger partial charge in [-0.15, -0.1) is 0 Å². The van der Waals surface area contributed by atoms with Gasteiger partial charge in [0, 0.05) is 24.3 Å². The van der Waals surface area contributed by atoms with E-state index >= 15 is 0 Å². The van der Waals surface area contributed by atoms with Crippen molar-refractivity contribution in [3.05, 3.63) is 0 Å². The van der Waals surface area contributed by atoms with E-state index in [2.05, 4.69) is 0 Å². The first-order chi connectivity index (χ1) is 7.33. The van der Waals surface area contributed by atoms with Crippen molar-refractivity contribution < 1.29 is 9.90 Å². The predicted octanol–water partition coefficient (Wildman–Crippen LogP) is 1.11. The molecule has 0 aromatic carbocycles. The third-order valence-corrected chi connectivity index (χ3v) is 4.58. The van der Waals surface area contributed by atoms with Crippen LogP contribution in [0.1, 0.15) is 25.7 Å². The van der Waals surface area contributed by atoms with E-state index in [0.29, 0.717) is 18.5 Å². The number of carbonyl (C=O) groups excluding carboxylic acids is 1. The second-order valence-corrected chi connectivity index (χ2v) is 5.55. The first-order valence-corrected chi connectivity index (χ1v) is 6.97. The number of hydrogen-bond acceptors (Lipinski definition) is 3. The van der Waals surface area contributed by atoms with Gasteiger partial charge in [-0.1, -0.05) is 0 Å². The summed E-state index contributed by atoms with van der Waals surface area (Å²) in [6.07, 6.45) is 4.52. The Morgan fingerprint density at radius 3 is 2.67 bits per heavy atom. The van der Waals surface area contributed by atoms with Crippen LogP contribution in [0.5, 0.6) is 0 Å². The largest absolute Gasteiger partial charge is 0.395 e. The summed E-state index contributed by atoms with van der Waals surface area (Å²) in [6, 6.07) is 0.426. The minimum Gasteiger partial charge on any atom is -0.395 e. The molecule has 3 nitrogen and oxygen atoms in total. The standard InChI is InChI=1S/C11H19NO2S/c13-6-5-12(10-2-1-3-10)11(14)9-4-7-15-8-9/h9-10,13H,1-8H2. The van der Waals surface area contributed by atoms with E-state index in [1.807, 2.05) is 16.7 Å². The van der Waals surface area contributed by atoms with Crippen molar-refractivity contribution in [2.45, 2.75) is 31.7 Å². The zero-order chi connectivity index (χ0) is 10.7. The molecule has 4 heteroatoms. The summed E-state index contributed by atoms with van der Waals surface area (Å²) in [5.74, 6) is 2.61. The molecule has 1 unspecified atom stereocenters. The molecule has 2 fully saturated rings. The molecule has 0 radical (unpaired) electrons. The average molecular weight is 229 g/mol. The van der Waals surface area contributed by atoms with Crippen molar-refractivity contribution in [1.82, 2.24) is 4.90 Å². The molecular formula is C11H19NO2S. The molecular weight excluding hydrogens is 210 g/mol. The van der Waals surface area contributed by atoms with E-state index in [1.165, 1.54) is 6.42 Å². The Bertz CT molecular complexity index is 225. The summed E-state index contributed by atoms with van der Waals surface area (Å²) in [5.41, 5.74) is 0. The SMILES string of the molecule is O=C(C1CCSC1)N(CCO)C1CCC1. The van der Waals surface area contributed by atoms with Crippen molar-refractivity contribution in [3.8, 4) is 0 Å². The van der Waals surface area contributed by atoms with Crippen LogP contribution >= 0.6 is 11.8 Å². The monoisotopic (exact) mass is 229 g/mol. The summed E-state index contributed by atoms with van der Waals surface area (Å²) < 4.78 is 0. The first-order valence-electron chi connectivity index (χ1n) is 5.82. The van der Waals surface area contributed by atoms with Crippen LogP contribution in [0.4, 0.5) is 0 Å². The van der Waals surface area contributed by atoms with Gasteiger partial charge >= 0.3 is 0 Å². The van der Waals surface area contributed by atoms with Crippen molar-refractivity contribution in [1.29, 1.82) is 0 Å². The van der Waals surface area contributed by atoms with E-state index < -0.39 is 0 Å². The maximum absolute atomic E-state index is 12.2. The molecule has 0 bridgehead atoms. The van der Waals surface area contributed by atoms with Gasteiger partial charge in [0.15, 0.2) is 0 Å². The second kappa shape index (κ2) is 5.21. The maximum atomic E-state index is 12.2. The van der Waals surface area contributed by atoms with Gasteiger partial charge in [0.25, 0.3) is 0 Å². The lowest BCUT2D eigenvalue weighted by atomic mass is 9.90. The number of carbonyl (C=O) groups is 1. The highest BCUT2D eigenvalue weighted by molar-refractivity contribution is 7.99. The smallest absolute Gasteiger partial charge is 0.226 e. The molecule has 1 saturated heterocycles. The Hall–Kier alpha value is -0.220. The minimum absolute atomic E-state index is 0.0993. The Morgan fingerprint density at radius 2 is 2.20 bits per heavy atom. The molecule has 1 heterocycles. The average Bonchev–Trinajstić information content (AvgIpc) is 2.66. The highest BCUT2D eigenvalue weighted by Crippen LogP contribution is 2.30. The van der Waals surface area contributed by atoms with Crippen LogP contribution in [0.3, 0.4) is 0 Å². The van der Waals surface area contributed by atoms with Gasteiger partial charge in [0.2, 0.25) is 5.91 Å². The number of hydrogen-bond donors (Lipinski definition) is 1. The van der Waals surface area contributed by atoms with Gasteiger partial charge < -0.3 is 10.0 Å². The molecule has 1 N–H and O–H groups in total. The zero-order valence-electron chi connectivity index (χ0n) is 9.02. The van der Waals surface area contributed by atoms with Gasteiger partial charge in [0.1, 0.15) is 0 Å². The van der Waals surface area contributed by atoms with E-state index in [1.54, 1.807) is 0 Å². The summed E-state index contributed by atoms with van der Waals surface area (Å²) in [6.45, 7) is 0.632. The van der Waals surface area contributed by atoms with Crippen LogP contribution in [-0.4, -0.2) is 46.6 Å². The molecule has 1 atom stereocenters. The summed E-state index contributed by atoms with van der Waals surface area (Å²) in [7, 11) is 0. The van der Waals surface area contributed by atoms with Gasteiger partial charge in [-0.25, -0.2) is 0 Å². The summed E-state index contributed by atoms with van der Waals surface area (Å²) in [4.78, 5) is 14.1. The number of rotatable bonds is 4. The van der Waals surface area contributed by atoms with Crippen molar-refractivity contribution >= 4 is 17.7 Å². The maximum Gasteiger partial charge on any atom is 0.226 e. The second-order valence-electron chi connectivity index (χ2n) is 4.40. The van der Waals surface area contributed by atoms with E-state index in [-0.39, 0.29) is 12.5 Å². The Balaban J connectivity index is 1.92. The number of aliphatic hydroxyl groups excluding tert-OH is 1. The van der Waals surface area contributed by atoms with Gasteiger partial charge in [0.05, 0.1) is 6.61 Å². The lowest BCUT2D eigenvalue weighted by Gasteiger charge is -2.38. The quantitative estimate of drug-likeness (QED) is 0.785. The Labute approximate surface area is 95.2 Å². The highest BCUT2D eigenvalue weighted by atomic mass is 32.2. The fraction of sp³-hybridized carbons (Fsp3) is 0.909. The lowest BCUT2D eigenvalue weighted by molar-refractivity contribution is -0.139. The van der Waals surface area contributed by atoms with Crippen LogP contribution in [0, 0.1) is 5.92 Å². The van der Waals surface area contributed by atoms with E-state index in [0.717, 1.165) is 30.8 Å². The van der Waals surface area contributed by atoms with Crippen LogP contribution in [-0.2, 0) is 4.79 Å². The van der Waals surface area contributed by atoms with E-state index in [4.69, 9.17) is 5.11 Å². The van der Waals surface area contributed by atoms with Crippen molar-refractivity contribution in [2.75, 3.05) is 24.7 Å². The van der Waals surface area contributed by atoms with Gasteiger partial charge in [-0.2, -0.15) is 11.8 Å². The fourth-order valence-electron chi connectivity index (χ4n) is 2.24. The molecule has 1 saturated carbocycles. The Morgan fingerprint density at radius 1 is 1.40 bits per heavy atom. The zero-order valence-corrected chi connectivity index (χ0v) is 9.84.